The Balaban J connectivity index is 2.00. The zero-order valence-corrected chi connectivity index (χ0v) is 9.83. The average molecular weight is 201 g/mol. The molecule has 0 aliphatic heterocycles. The Bertz CT molecular complexity index is 127. The normalized spacial score (nSPS) is 29.1. The van der Waals surface area contributed by atoms with Crippen LogP contribution in [0.5, 0.6) is 0 Å². The second-order valence-electron chi connectivity index (χ2n) is 4.12. The fourth-order valence-corrected chi connectivity index (χ4v) is 2.65. The average Bonchev–Trinajstić information content (AvgIpc) is 2.13. The summed E-state index contributed by atoms with van der Waals surface area (Å²) in [6.07, 6.45) is 5.68. The van der Waals surface area contributed by atoms with Crippen LogP contribution in [0.1, 0.15) is 39.5 Å². The molecule has 1 nitrogen and oxygen atoms in total. The van der Waals surface area contributed by atoms with Crippen molar-refractivity contribution >= 4 is 11.8 Å². The van der Waals surface area contributed by atoms with E-state index in [0.717, 1.165) is 12.0 Å². The molecule has 0 radical (unpaired) electrons. The lowest BCUT2D eigenvalue weighted by atomic mass is 9.87. The van der Waals surface area contributed by atoms with Crippen molar-refractivity contribution in [2.24, 2.45) is 5.92 Å². The van der Waals surface area contributed by atoms with Crippen LogP contribution in [-0.2, 0) is 0 Å². The summed E-state index contributed by atoms with van der Waals surface area (Å²) in [4.78, 5) is 0. The predicted octanol–water partition coefficient (Wildman–Crippen LogP) is 2.91. The number of nitrogens with one attached hydrogen (secondary N) is 1. The maximum atomic E-state index is 3.67. The molecule has 2 atom stereocenters. The van der Waals surface area contributed by atoms with Gasteiger partial charge in [0, 0.05) is 18.3 Å². The molecule has 1 N–H and O–H groups in total. The fourth-order valence-electron chi connectivity index (χ4n) is 2.10. The van der Waals surface area contributed by atoms with Crippen LogP contribution in [0, 0.1) is 5.92 Å². The Hall–Kier alpha value is 0.310. The molecule has 0 heterocycles. The smallest absolute Gasteiger partial charge is 0.00699 e. The van der Waals surface area contributed by atoms with E-state index in [-0.39, 0.29) is 0 Å². The van der Waals surface area contributed by atoms with Crippen molar-refractivity contribution < 1.29 is 0 Å². The Kier molecular flexibility index (Phi) is 5.88. The SMILES string of the molecule is CCSCCNC1CCCC(C)C1. The van der Waals surface area contributed by atoms with Crippen LogP contribution < -0.4 is 5.32 Å². The van der Waals surface area contributed by atoms with E-state index in [1.54, 1.807) is 0 Å². The van der Waals surface area contributed by atoms with Crippen molar-refractivity contribution in [3.8, 4) is 0 Å². The van der Waals surface area contributed by atoms with Crippen molar-refractivity contribution in [3.05, 3.63) is 0 Å². The molecule has 0 saturated heterocycles. The van der Waals surface area contributed by atoms with E-state index in [2.05, 4.69) is 19.2 Å². The zero-order valence-electron chi connectivity index (χ0n) is 9.01. The Morgan fingerprint density at radius 3 is 2.92 bits per heavy atom. The molecule has 0 aromatic carbocycles. The van der Waals surface area contributed by atoms with Gasteiger partial charge in [-0.2, -0.15) is 11.8 Å². The number of thioether (sulfide) groups is 1. The van der Waals surface area contributed by atoms with Crippen molar-refractivity contribution in [3.63, 3.8) is 0 Å². The van der Waals surface area contributed by atoms with Crippen LogP contribution in [0.25, 0.3) is 0 Å². The van der Waals surface area contributed by atoms with Crippen LogP contribution in [0.4, 0.5) is 0 Å². The Morgan fingerprint density at radius 1 is 1.38 bits per heavy atom. The van der Waals surface area contributed by atoms with Gasteiger partial charge in [-0.3, -0.25) is 0 Å². The lowest BCUT2D eigenvalue weighted by Gasteiger charge is -2.27. The van der Waals surface area contributed by atoms with Crippen LogP contribution in [0.15, 0.2) is 0 Å². The molecule has 1 fully saturated rings. The molecule has 13 heavy (non-hydrogen) atoms. The molecule has 0 aromatic rings. The van der Waals surface area contributed by atoms with Gasteiger partial charge >= 0.3 is 0 Å². The molecule has 2 heteroatoms. The van der Waals surface area contributed by atoms with Gasteiger partial charge in [0.1, 0.15) is 0 Å². The molecule has 0 bridgehead atoms. The molecule has 1 aliphatic carbocycles. The van der Waals surface area contributed by atoms with Crippen LogP contribution in [0.3, 0.4) is 0 Å². The van der Waals surface area contributed by atoms with E-state index in [9.17, 15) is 0 Å². The molecule has 78 valence electrons. The highest BCUT2D eigenvalue weighted by Gasteiger charge is 2.17. The molecular weight excluding hydrogens is 178 g/mol. The van der Waals surface area contributed by atoms with Gasteiger partial charge in [0.15, 0.2) is 0 Å². The lowest BCUT2D eigenvalue weighted by molar-refractivity contribution is 0.306. The predicted molar refractivity (Wildman–Crippen MR) is 62.4 cm³/mol. The van der Waals surface area contributed by atoms with Crippen molar-refractivity contribution in [1.82, 2.24) is 5.32 Å². The summed E-state index contributed by atoms with van der Waals surface area (Å²) in [6.45, 7) is 5.82. The second-order valence-corrected chi connectivity index (χ2v) is 5.51. The maximum Gasteiger partial charge on any atom is 0.00699 e. The minimum Gasteiger partial charge on any atom is -0.313 e. The summed E-state index contributed by atoms with van der Waals surface area (Å²) in [5, 5.41) is 3.67. The van der Waals surface area contributed by atoms with E-state index in [1.807, 2.05) is 11.8 Å². The first-order valence-electron chi connectivity index (χ1n) is 5.64. The highest BCUT2D eigenvalue weighted by molar-refractivity contribution is 7.99. The quantitative estimate of drug-likeness (QED) is 0.686. The van der Waals surface area contributed by atoms with Gasteiger partial charge in [-0.15, -0.1) is 0 Å². The summed E-state index contributed by atoms with van der Waals surface area (Å²) in [5.41, 5.74) is 0. The monoisotopic (exact) mass is 201 g/mol. The van der Waals surface area contributed by atoms with Gasteiger partial charge in [0.25, 0.3) is 0 Å². The largest absolute Gasteiger partial charge is 0.313 e. The molecule has 2 unspecified atom stereocenters. The van der Waals surface area contributed by atoms with Crippen molar-refractivity contribution in [2.45, 2.75) is 45.6 Å². The van der Waals surface area contributed by atoms with E-state index >= 15 is 0 Å². The summed E-state index contributed by atoms with van der Waals surface area (Å²) >= 11 is 2.03. The first-order valence-corrected chi connectivity index (χ1v) is 6.79. The van der Waals surface area contributed by atoms with Crippen LogP contribution in [0.2, 0.25) is 0 Å². The van der Waals surface area contributed by atoms with Crippen molar-refractivity contribution in [1.29, 1.82) is 0 Å². The second kappa shape index (κ2) is 6.72. The van der Waals surface area contributed by atoms with Crippen LogP contribution >= 0.6 is 11.8 Å². The topological polar surface area (TPSA) is 12.0 Å². The van der Waals surface area contributed by atoms with E-state index < -0.39 is 0 Å². The van der Waals surface area contributed by atoms with Gasteiger partial charge in [-0.05, 0) is 24.5 Å². The third-order valence-electron chi connectivity index (χ3n) is 2.82. The minimum atomic E-state index is 0.821. The molecule has 0 spiro atoms. The Labute approximate surface area is 87.1 Å². The highest BCUT2D eigenvalue weighted by atomic mass is 32.2. The summed E-state index contributed by atoms with van der Waals surface area (Å²) in [7, 11) is 0. The molecule has 1 saturated carbocycles. The maximum absolute atomic E-state index is 3.67. The molecule has 0 aromatic heterocycles. The van der Waals surface area contributed by atoms with Gasteiger partial charge in [0.05, 0.1) is 0 Å². The third kappa shape index (κ3) is 4.92. The zero-order chi connectivity index (χ0) is 9.52. The number of rotatable bonds is 5. The third-order valence-corrected chi connectivity index (χ3v) is 3.72. The van der Waals surface area contributed by atoms with Gasteiger partial charge in [0.2, 0.25) is 0 Å². The molecule has 1 aliphatic rings. The molecule has 0 amide bonds. The minimum absolute atomic E-state index is 0.821. The number of hydrogen-bond donors (Lipinski definition) is 1. The summed E-state index contributed by atoms with van der Waals surface area (Å²) < 4.78 is 0. The van der Waals surface area contributed by atoms with Gasteiger partial charge < -0.3 is 5.32 Å². The van der Waals surface area contributed by atoms with E-state index in [1.165, 1.54) is 43.7 Å². The fraction of sp³-hybridized carbons (Fsp3) is 1.00. The van der Waals surface area contributed by atoms with Gasteiger partial charge in [-0.25, -0.2) is 0 Å². The summed E-state index contributed by atoms with van der Waals surface area (Å²) in [5.74, 6) is 3.48. The van der Waals surface area contributed by atoms with Crippen molar-refractivity contribution in [2.75, 3.05) is 18.1 Å². The lowest BCUT2D eigenvalue weighted by Crippen LogP contribution is -2.34. The Morgan fingerprint density at radius 2 is 2.23 bits per heavy atom. The van der Waals surface area contributed by atoms with Gasteiger partial charge in [-0.1, -0.05) is 26.7 Å². The first kappa shape index (κ1) is 11.4. The first-order chi connectivity index (χ1) is 6.33. The number of hydrogen-bond acceptors (Lipinski definition) is 2. The van der Waals surface area contributed by atoms with Crippen LogP contribution in [-0.4, -0.2) is 24.1 Å². The van der Waals surface area contributed by atoms with E-state index in [0.29, 0.717) is 0 Å². The van der Waals surface area contributed by atoms with E-state index in [4.69, 9.17) is 0 Å². The molecular formula is C11H23NS. The summed E-state index contributed by atoms with van der Waals surface area (Å²) in [6, 6.07) is 0.821. The highest BCUT2D eigenvalue weighted by Crippen LogP contribution is 2.23. The molecule has 1 rings (SSSR count). The standard InChI is InChI=1S/C11H23NS/c1-3-13-8-7-12-11-6-4-5-10(2)9-11/h10-12H,3-9H2,1-2H3.